The molecule has 0 spiro atoms. The van der Waals surface area contributed by atoms with E-state index >= 15 is 0 Å². The number of nitrogens with one attached hydrogen (secondary N) is 1. The number of aryl methyl sites for hydroxylation is 2. The Morgan fingerprint density at radius 2 is 1.74 bits per heavy atom. The Bertz CT molecular complexity index is 488. The number of unbranched alkanes of at least 4 members (excludes halogenated alkanes) is 1. The Balaban J connectivity index is 1.73. The second kappa shape index (κ2) is 6.93. The van der Waals surface area contributed by atoms with Crippen molar-refractivity contribution in [1.29, 1.82) is 0 Å². The molecule has 0 bridgehead atoms. The number of halogens is 1. The molecule has 0 fully saturated rings. The van der Waals surface area contributed by atoms with Crippen LogP contribution in [-0.2, 0) is 6.42 Å². The fraction of sp³-hybridized carbons (Fsp3) is 0.294. The summed E-state index contributed by atoms with van der Waals surface area (Å²) in [5.74, 6) is -0.164. The van der Waals surface area contributed by atoms with Gasteiger partial charge in [-0.05, 0) is 43.4 Å². The van der Waals surface area contributed by atoms with Crippen LogP contribution in [0.2, 0.25) is 0 Å². The van der Waals surface area contributed by atoms with Crippen LogP contribution in [0.1, 0.15) is 24.0 Å². The normalized spacial score (nSPS) is 10.4. The van der Waals surface area contributed by atoms with E-state index in [9.17, 15) is 4.39 Å². The third-order valence-corrected chi connectivity index (χ3v) is 3.26. The van der Waals surface area contributed by atoms with E-state index in [2.05, 4.69) is 29.6 Å². The van der Waals surface area contributed by atoms with Crippen LogP contribution in [-0.4, -0.2) is 6.54 Å². The van der Waals surface area contributed by atoms with Gasteiger partial charge in [0, 0.05) is 6.54 Å². The van der Waals surface area contributed by atoms with Crippen LogP contribution in [0.3, 0.4) is 0 Å². The maximum atomic E-state index is 13.6. The largest absolute Gasteiger partial charge is 0.382 e. The summed E-state index contributed by atoms with van der Waals surface area (Å²) in [4.78, 5) is 0. The summed E-state index contributed by atoms with van der Waals surface area (Å²) in [6.45, 7) is 2.74. The maximum absolute atomic E-state index is 13.6. The Hall–Kier alpha value is -1.83. The van der Waals surface area contributed by atoms with Gasteiger partial charge in [0.05, 0.1) is 5.69 Å². The number of hydrogen-bond acceptors (Lipinski definition) is 1. The predicted octanol–water partition coefficient (Wildman–Crippen LogP) is 4.57. The zero-order valence-corrected chi connectivity index (χ0v) is 11.3. The van der Waals surface area contributed by atoms with Gasteiger partial charge in [-0.15, -0.1) is 0 Å². The highest BCUT2D eigenvalue weighted by Crippen LogP contribution is 2.18. The molecule has 0 heterocycles. The van der Waals surface area contributed by atoms with Crippen molar-refractivity contribution in [2.45, 2.75) is 26.2 Å². The molecule has 1 N–H and O–H groups in total. The SMILES string of the molecule is Cc1cccc(F)c1NCCCCc1ccccc1. The van der Waals surface area contributed by atoms with Crippen molar-refractivity contribution < 1.29 is 4.39 Å². The fourth-order valence-corrected chi connectivity index (χ4v) is 2.17. The first-order chi connectivity index (χ1) is 9.27. The molecule has 0 saturated carbocycles. The molecule has 2 aromatic carbocycles. The third kappa shape index (κ3) is 4.09. The summed E-state index contributed by atoms with van der Waals surface area (Å²) in [7, 11) is 0. The van der Waals surface area contributed by atoms with Crippen molar-refractivity contribution >= 4 is 5.69 Å². The highest BCUT2D eigenvalue weighted by Gasteiger charge is 2.03. The molecule has 2 heteroatoms. The molecule has 100 valence electrons. The average molecular weight is 257 g/mol. The first-order valence-corrected chi connectivity index (χ1v) is 6.80. The predicted molar refractivity (Wildman–Crippen MR) is 79.0 cm³/mol. The standard InChI is InChI=1S/C17H20FN/c1-14-8-7-12-16(18)17(14)19-13-6-5-11-15-9-3-2-4-10-15/h2-4,7-10,12,19H,5-6,11,13H2,1H3. The lowest BCUT2D eigenvalue weighted by molar-refractivity contribution is 0.627. The van der Waals surface area contributed by atoms with Gasteiger partial charge in [-0.2, -0.15) is 0 Å². The van der Waals surface area contributed by atoms with Gasteiger partial charge in [-0.3, -0.25) is 0 Å². The van der Waals surface area contributed by atoms with E-state index in [0.717, 1.165) is 31.4 Å². The molecule has 19 heavy (non-hydrogen) atoms. The molecule has 0 amide bonds. The lowest BCUT2D eigenvalue weighted by Gasteiger charge is -2.10. The van der Waals surface area contributed by atoms with Crippen molar-refractivity contribution in [3.8, 4) is 0 Å². The average Bonchev–Trinajstić information content (AvgIpc) is 2.42. The summed E-state index contributed by atoms with van der Waals surface area (Å²) in [6.07, 6.45) is 3.24. The monoisotopic (exact) mass is 257 g/mol. The van der Waals surface area contributed by atoms with E-state index in [4.69, 9.17) is 0 Å². The first-order valence-electron chi connectivity index (χ1n) is 6.80. The zero-order valence-electron chi connectivity index (χ0n) is 11.3. The van der Waals surface area contributed by atoms with E-state index in [1.807, 2.05) is 19.1 Å². The Kier molecular flexibility index (Phi) is 4.96. The molecule has 0 aliphatic heterocycles. The van der Waals surface area contributed by atoms with Gasteiger partial charge in [-0.1, -0.05) is 42.5 Å². The van der Waals surface area contributed by atoms with E-state index in [1.54, 1.807) is 6.07 Å². The molecule has 0 saturated heterocycles. The quantitative estimate of drug-likeness (QED) is 0.747. The third-order valence-electron chi connectivity index (χ3n) is 3.26. The minimum absolute atomic E-state index is 0.164. The molecular formula is C17H20FN. The molecule has 0 aliphatic rings. The van der Waals surface area contributed by atoms with Crippen LogP contribution in [0.25, 0.3) is 0 Å². The smallest absolute Gasteiger partial charge is 0.146 e. The van der Waals surface area contributed by atoms with Crippen molar-refractivity contribution in [2.75, 3.05) is 11.9 Å². The van der Waals surface area contributed by atoms with Gasteiger partial charge >= 0.3 is 0 Å². The summed E-state index contributed by atoms with van der Waals surface area (Å²) < 4.78 is 13.6. The number of hydrogen-bond donors (Lipinski definition) is 1. The second-order valence-corrected chi connectivity index (χ2v) is 4.80. The molecule has 0 aliphatic carbocycles. The summed E-state index contributed by atoms with van der Waals surface area (Å²) in [5.41, 5.74) is 2.97. The van der Waals surface area contributed by atoms with Gasteiger partial charge in [0.2, 0.25) is 0 Å². The first kappa shape index (κ1) is 13.6. The van der Waals surface area contributed by atoms with E-state index in [0.29, 0.717) is 5.69 Å². The highest BCUT2D eigenvalue weighted by atomic mass is 19.1. The van der Waals surface area contributed by atoms with Gasteiger partial charge < -0.3 is 5.32 Å². The highest BCUT2D eigenvalue weighted by molar-refractivity contribution is 5.51. The van der Waals surface area contributed by atoms with Crippen LogP contribution in [0, 0.1) is 12.7 Å². The molecule has 0 unspecified atom stereocenters. The molecule has 2 rings (SSSR count). The van der Waals surface area contributed by atoms with E-state index < -0.39 is 0 Å². The van der Waals surface area contributed by atoms with Gasteiger partial charge in [-0.25, -0.2) is 4.39 Å². The van der Waals surface area contributed by atoms with Crippen molar-refractivity contribution in [3.05, 3.63) is 65.5 Å². The van der Waals surface area contributed by atoms with Crippen LogP contribution in [0.15, 0.2) is 48.5 Å². The zero-order chi connectivity index (χ0) is 13.5. The van der Waals surface area contributed by atoms with Crippen LogP contribution in [0.4, 0.5) is 10.1 Å². The van der Waals surface area contributed by atoms with Crippen molar-refractivity contribution in [3.63, 3.8) is 0 Å². The summed E-state index contributed by atoms with van der Waals surface area (Å²) >= 11 is 0. The lowest BCUT2D eigenvalue weighted by atomic mass is 10.1. The lowest BCUT2D eigenvalue weighted by Crippen LogP contribution is -2.05. The molecule has 1 nitrogen and oxygen atoms in total. The summed E-state index contributed by atoms with van der Waals surface area (Å²) in [6, 6.07) is 15.6. The Morgan fingerprint density at radius 1 is 0.947 bits per heavy atom. The topological polar surface area (TPSA) is 12.0 Å². The molecule has 2 aromatic rings. The fourth-order valence-electron chi connectivity index (χ4n) is 2.17. The number of rotatable bonds is 6. The van der Waals surface area contributed by atoms with E-state index in [-0.39, 0.29) is 5.82 Å². The summed E-state index contributed by atoms with van der Waals surface area (Å²) in [5, 5.41) is 3.19. The Labute approximate surface area is 114 Å². The minimum atomic E-state index is -0.164. The van der Waals surface area contributed by atoms with Crippen molar-refractivity contribution in [1.82, 2.24) is 0 Å². The maximum Gasteiger partial charge on any atom is 0.146 e. The van der Waals surface area contributed by atoms with E-state index in [1.165, 1.54) is 11.6 Å². The Morgan fingerprint density at radius 3 is 2.47 bits per heavy atom. The number of anilines is 1. The van der Waals surface area contributed by atoms with Crippen molar-refractivity contribution in [2.24, 2.45) is 0 Å². The molecular weight excluding hydrogens is 237 g/mol. The molecule has 0 radical (unpaired) electrons. The van der Waals surface area contributed by atoms with Crippen LogP contribution in [0.5, 0.6) is 0 Å². The van der Waals surface area contributed by atoms with Gasteiger partial charge in [0.1, 0.15) is 5.82 Å². The molecule has 0 aromatic heterocycles. The minimum Gasteiger partial charge on any atom is -0.382 e. The van der Waals surface area contributed by atoms with Crippen LogP contribution >= 0.6 is 0 Å². The van der Waals surface area contributed by atoms with Crippen LogP contribution < -0.4 is 5.32 Å². The number of para-hydroxylation sites is 1. The molecule has 0 atom stereocenters. The van der Waals surface area contributed by atoms with Gasteiger partial charge in [0.25, 0.3) is 0 Å². The van der Waals surface area contributed by atoms with Gasteiger partial charge in [0.15, 0.2) is 0 Å². The number of benzene rings is 2. The second-order valence-electron chi connectivity index (χ2n) is 4.80.